The van der Waals surface area contributed by atoms with Crippen LogP contribution in [0.3, 0.4) is 0 Å². The zero-order valence-corrected chi connectivity index (χ0v) is 9.88. The first kappa shape index (κ1) is 9.74. The molecule has 0 saturated heterocycles. The highest BCUT2D eigenvalue weighted by Gasteiger charge is 2.19. The van der Waals surface area contributed by atoms with Crippen molar-refractivity contribution in [3.05, 3.63) is 46.1 Å². The molecular weight excluding hydrogens is 240 g/mol. The molecule has 1 N–H and O–H groups in total. The minimum atomic E-state index is 0.317. The van der Waals surface area contributed by atoms with Gasteiger partial charge in [-0.2, -0.15) is 0 Å². The van der Waals surface area contributed by atoms with Crippen LogP contribution in [0.15, 0.2) is 40.5 Å². The van der Waals surface area contributed by atoms with Gasteiger partial charge in [-0.25, -0.2) is 5.43 Å². The van der Waals surface area contributed by atoms with Gasteiger partial charge in [-0.05, 0) is 30.2 Å². The Morgan fingerprint density at radius 1 is 1.43 bits per heavy atom. The number of hydrogen-bond donors (Lipinski definition) is 1. The summed E-state index contributed by atoms with van der Waals surface area (Å²) >= 11 is 3.48. The Balaban J connectivity index is 2.29. The first-order valence-electron chi connectivity index (χ1n) is 4.59. The second-order valence-corrected chi connectivity index (χ2v) is 4.52. The van der Waals surface area contributed by atoms with Gasteiger partial charge in [0.2, 0.25) is 0 Å². The Kier molecular flexibility index (Phi) is 2.61. The van der Waals surface area contributed by atoms with Crippen LogP contribution >= 0.6 is 15.9 Å². The molecule has 0 fully saturated rings. The maximum atomic E-state index is 3.48. The van der Waals surface area contributed by atoms with Crippen molar-refractivity contribution < 1.29 is 0 Å². The Morgan fingerprint density at radius 3 is 2.79 bits per heavy atom. The van der Waals surface area contributed by atoms with Gasteiger partial charge in [-0.3, -0.25) is 0 Å². The fourth-order valence-corrected chi connectivity index (χ4v) is 2.16. The zero-order chi connectivity index (χ0) is 10.1. The van der Waals surface area contributed by atoms with Crippen molar-refractivity contribution in [2.24, 2.45) is 0 Å². The standard InChI is InChI=1S/C11H13BrN2/c1-8-7-14(2)13-11(8)9-4-3-5-10(12)6-9/h3-7,11,13H,1-2H3. The lowest BCUT2D eigenvalue weighted by Crippen LogP contribution is -2.27. The number of hydrazine groups is 1. The molecule has 2 nitrogen and oxygen atoms in total. The Hall–Kier alpha value is -0.800. The number of nitrogens with zero attached hydrogens (tertiary/aromatic N) is 1. The molecule has 0 saturated carbocycles. The summed E-state index contributed by atoms with van der Waals surface area (Å²) in [7, 11) is 2.02. The van der Waals surface area contributed by atoms with Crippen molar-refractivity contribution in [2.75, 3.05) is 7.05 Å². The summed E-state index contributed by atoms with van der Waals surface area (Å²) in [4.78, 5) is 0. The van der Waals surface area contributed by atoms with Gasteiger partial charge in [-0.15, -0.1) is 0 Å². The minimum absolute atomic E-state index is 0.317. The van der Waals surface area contributed by atoms with Crippen LogP contribution in [0.1, 0.15) is 18.5 Å². The molecule has 0 aromatic heterocycles. The summed E-state index contributed by atoms with van der Waals surface area (Å²) in [6.07, 6.45) is 2.12. The third-order valence-corrected chi connectivity index (χ3v) is 2.86. The van der Waals surface area contributed by atoms with Crippen molar-refractivity contribution in [1.29, 1.82) is 0 Å². The van der Waals surface area contributed by atoms with E-state index in [1.165, 1.54) is 11.1 Å². The molecule has 1 atom stereocenters. The normalized spacial score (nSPS) is 21.2. The van der Waals surface area contributed by atoms with Crippen LogP contribution in [-0.4, -0.2) is 12.1 Å². The summed E-state index contributed by atoms with van der Waals surface area (Å²) in [5.74, 6) is 0. The number of nitrogens with one attached hydrogen (secondary N) is 1. The van der Waals surface area contributed by atoms with Crippen LogP contribution in [0.4, 0.5) is 0 Å². The van der Waals surface area contributed by atoms with E-state index in [0.717, 1.165) is 4.47 Å². The predicted molar refractivity (Wildman–Crippen MR) is 61.5 cm³/mol. The molecule has 1 aromatic rings. The van der Waals surface area contributed by atoms with Crippen LogP contribution < -0.4 is 5.43 Å². The SMILES string of the molecule is CC1=CN(C)NC1c1cccc(Br)c1. The lowest BCUT2D eigenvalue weighted by Gasteiger charge is -2.16. The molecule has 1 aliphatic heterocycles. The zero-order valence-electron chi connectivity index (χ0n) is 8.29. The van der Waals surface area contributed by atoms with E-state index in [2.05, 4.69) is 52.7 Å². The number of benzene rings is 1. The lowest BCUT2D eigenvalue weighted by atomic mass is 10.0. The summed E-state index contributed by atoms with van der Waals surface area (Å²) in [6, 6.07) is 8.71. The first-order chi connectivity index (χ1) is 6.66. The van der Waals surface area contributed by atoms with Crippen molar-refractivity contribution in [3.8, 4) is 0 Å². The Bertz CT molecular complexity index is 373. The van der Waals surface area contributed by atoms with Gasteiger partial charge in [0, 0.05) is 17.7 Å². The Morgan fingerprint density at radius 2 is 2.21 bits per heavy atom. The van der Waals surface area contributed by atoms with E-state index in [-0.39, 0.29) is 0 Å². The summed E-state index contributed by atoms with van der Waals surface area (Å²) in [5, 5.41) is 2.00. The van der Waals surface area contributed by atoms with Gasteiger partial charge in [0.15, 0.2) is 0 Å². The molecule has 0 bridgehead atoms. The van der Waals surface area contributed by atoms with Crippen LogP contribution in [0.5, 0.6) is 0 Å². The molecule has 1 aromatic carbocycles. The first-order valence-corrected chi connectivity index (χ1v) is 5.39. The van der Waals surface area contributed by atoms with Gasteiger partial charge >= 0.3 is 0 Å². The number of rotatable bonds is 1. The maximum Gasteiger partial charge on any atom is 0.0737 e. The second-order valence-electron chi connectivity index (χ2n) is 3.60. The molecule has 1 heterocycles. The molecule has 14 heavy (non-hydrogen) atoms. The van der Waals surface area contributed by atoms with Crippen molar-refractivity contribution in [2.45, 2.75) is 13.0 Å². The van der Waals surface area contributed by atoms with E-state index in [9.17, 15) is 0 Å². The van der Waals surface area contributed by atoms with Crippen LogP contribution in [0, 0.1) is 0 Å². The molecule has 0 aliphatic carbocycles. The third-order valence-electron chi connectivity index (χ3n) is 2.37. The van der Waals surface area contributed by atoms with E-state index >= 15 is 0 Å². The third kappa shape index (κ3) is 1.83. The topological polar surface area (TPSA) is 15.3 Å². The predicted octanol–water partition coefficient (Wildman–Crippen LogP) is 2.84. The minimum Gasteiger partial charge on any atom is -0.318 e. The van der Waals surface area contributed by atoms with Crippen LogP contribution in [0.25, 0.3) is 0 Å². The molecular formula is C11H13BrN2. The van der Waals surface area contributed by atoms with Gasteiger partial charge in [0.05, 0.1) is 6.04 Å². The van der Waals surface area contributed by atoms with Crippen molar-refractivity contribution in [1.82, 2.24) is 10.4 Å². The summed E-state index contributed by atoms with van der Waals surface area (Å²) < 4.78 is 1.12. The van der Waals surface area contributed by atoms with Gasteiger partial charge in [0.25, 0.3) is 0 Å². The molecule has 0 amide bonds. The molecule has 2 rings (SSSR count). The highest BCUT2D eigenvalue weighted by molar-refractivity contribution is 9.10. The van der Waals surface area contributed by atoms with Crippen molar-refractivity contribution >= 4 is 15.9 Å². The van der Waals surface area contributed by atoms with E-state index in [4.69, 9.17) is 0 Å². The fourth-order valence-electron chi connectivity index (χ4n) is 1.75. The highest BCUT2D eigenvalue weighted by atomic mass is 79.9. The quantitative estimate of drug-likeness (QED) is 0.827. The molecule has 3 heteroatoms. The van der Waals surface area contributed by atoms with E-state index in [1.54, 1.807) is 0 Å². The fraction of sp³-hybridized carbons (Fsp3) is 0.273. The number of hydrogen-bond acceptors (Lipinski definition) is 2. The average Bonchev–Trinajstić information content (AvgIpc) is 2.45. The van der Waals surface area contributed by atoms with E-state index < -0.39 is 0 Å². The molecule has 0 radical (unpaired) electrons. The van der Waals surface area contributed by atoms with Crippen molar-refractivity contribution in [3.63, 3.8) is 0 Å². The van der Waals surface area contributed by atoms with E-state index in [0.29, 0.717) is 6.04 Å². The summed E-state index contributed by atoms with van der Waals surface area (Å²) in [5.41, 5.74) is 5.99. The molecule has 0 spiro atoms. The molecule has 74 valence electrons. The second kappa shape index (κ2) is 3.75. The highest BCUT2D eigenvalue weighted by Crippen LogP contribution is 2.27. The van der Waals surface area contributed by atoms with Gasteiger partial charge in [0.1, 0.15) is 0 Å². The molecule has 1 unspecified atom stereocenters. The van der Waals surface area contributed by atoms with E-state index in [1.807, 2.05) is 18.1 Å². The monoisotopic (exact) mass is 252 g/mol. The number of halogens is 1. The van der Waals surface area contributed by atoms with Gasteiger partial charge in [-0.1, -0.05) is 28.1 Å². The smallest absolute Gasteiger partial charge is 0.0737 e. The maximum absolute atomic E-state index is 3.48. The van der Waals surface area contributed by atoms with Crippen LogP contribution in [0.2, 0.25) is 0 Å². The largest absolute Gasteiger partial charge is 0.318 e. The lowest BCUT2D eigenvalue weighted by molar-refractivity contribution is 0.331. The van der Waals surface area contributed by atoms with Gasteiger partial charge < -0.3 is 5.01 Å². The average molecular weight is 253 g/mol. The van der Waals surface area contributed by atoms with Crippen LogP contribution in [-0.2, 0) is 0 Å². The molecule has 1 aliphatic rings. The Labute approximate surface area is 92.7 Å². The summed E-state index contributed by atoms with van der Waals surface area (Å²) in [6.45, 7) is 2.14.